The molecule has 1 atom stereocenters. The molecule has 0 aliphatic rings. The summed E-state index contributed by atoms with van der Waals surface area (Å²) < 4.78 is 17.5. The number of ether oxygens (including phenoxy) is 2. The molecule has 7 heteroatoms. The Morgan fingerprint density at radius 2 is 1.56 bits per heavy atom. The first-order chi connectivity index (χ1) is 15.2. The van der Waals surface area contributed by atoms with E-state index < -0.39 is 32.0 Å². The van der Waals surface area contributed by atoms with E-state index in [0.717, 1.165) is 23.1 Å². The number of esters is 1. The molecule has 1 amide bonds. The van der Waals surface area contributed by atoms with E-state index in [0.29, 0.717) is 12.4 Å². The zero-order chi connectivity index (χ0) is 26.7. The van der Waals surface area contributed by atoms with Gasteiger partial charge in [0.15, 0.2) is 8.32 Å². The summed E-state index contributed by atoms with van der Waals surface area (Å²) in [5, 5.41) is 2.71. The van der Waals surface area contributed by atoms with Crippen LogP contribution in [0.15, 0.2) is 12.1 Å². The number of carbonyl (C=O) groups is 2. The summed E-state index contributed by atoms with van der Waals surface area (Å²) in [6.45, 7) is 27.1. The van der Waals surface area contributed by atoms with Gasteiger partial charge >= 0.3 is 12.1 Å². The van der Waals surface area contributed by atoms with Crippen molar-refractivity contribution in [1.82, 2.24) is 5.32 Å². The Balaban J connectivity index is 3.06. The van der Waals surface area contributed by atoms with Crippen molar-refractivity contribution in [3.8, 4) is 5.75 Å². The van der Waals surface area contributed by atoms with Crippen molar-refractivity contribution in [3.05, 3.63) is 28.8 Å². The maximum absolute atomic E-state index is 12.9. The number of hydrogen-bond donors (Lipinski definition) is 1. The minimum atomic E-state index is -1.85. The quantitative estimate of drug-likeness (QED) is 0.244. The third-order valence-corrected chi connectivity index (χ3v) is 11.0. The van der Waals surface area contributed by atoms with Crippen molar-refractivity contribution in [3.63, 3.8) is 0 Å². The van der Waals surface area contributed by atoms with Gasteiger partial charge in [0, 0.05) is 12.2 Å². The molecule has 1 rings (SSSR count). The summed E-state index contributed by atoms with van der Waals surface area (Å²) >= 11 is 0. The molecule has 1 aromatic carbocycles. The average molecular weight is 494 g/mol. The number of nitrogens with one attached hydrogen (secondary N) is 1. The van der Waals surface area contributed by atoms with Gasteiger partial charge < -0.3 is 19.2 Å². The van der Waals surface area contributed by atoms with E-state index in [4.69, 9.17) is 13.9 Å². The van der Waals surface area contributed by atoms with Crippen LogP contribution in [0.25, 0.3) is 0 Å². The van der Waals surface area contributed by atoms with E-state index in [2.05, 4.69) is 59.1 Å². The predicted molar refractivity (Wildman–Crippen MR) is 141 cm³/mol. The Bertz CT molecular complexity index is 878. The fourth-order valence-electron chi connectivity index (χ4n) is 3.52. The molecule has 194 valence electrons. The highest BCUT2D eigenvalue weighted by Crippen LogP contribution is 2.40. The summed E-state index contributed by atoms with van der Waals surface area (Å²) in [6.07, 6.45) is 0.139. The maximum atomic E-state index is 12.9. The van der Waals surface area contributed by atoms with Gasteiger partial charge in [0.2, 0.25) is 0 Å². The second-order valence-corrected chi connectivity index (χ2v) is 17.3. The van der Waals surface area contributed by atoms with Crippen LogP contribution in [0.4, 0.5) is 4.79 Å². The van der Waals surface area contributed by atoms with Crippen molar-refractivity contribution < 1.29 is 23.5 Å². The Morgan fingerprint density at radius 3 is 2.06 bits per heavy atom. The summed E-state index contributed by atoms with van der Waals surface area (Å²) in [5.41, 5.74) is 2.12. The van der Waals surface area contributed by atoms with Gasteiger partial charge in [-0.3, -0.25) is 0 Å². The predicted octanol–water partition coefficient (Wildman–Crippen LogP) is 6.81. The van der Waals surface area contributed by atoms with E-state index in [1.165, 1.54) is 0 Å². The summed E-state index contributed by atoms with van der Waals surface area (Å²) in [5.74, 6) is -0.0110. The molecule has 0 aliphatic heterocycles. The summed E-state index contributed by atoms with van der Waals surface area (Å²) in [7, 11) is -1.85. The van der Waals surface area contributed by atoms with Crippen LogP contribution in [0.5, 0.6) is 5.75 Å². The second-order valence-electron chi connectivity index (χ2n) is 12.5. The molecule has 0 aliphatic carbocycles. The molecule has 0 fully saturated rings. The largest absolute Gasteiger partial charge is 0.444 e. The Kier molecular flexibility index (Phi) is 9.60. The van der Waals surface area contributed by atoms with Crippen LogP contribution in [-0.2, 0) is 19.4 Å². The number of benzene rings is 1. The van der Waals surface area contributed by atoms with Crippen molar-refractivity contribution in [2.24, 2.45) is 0 Å². The average Bonchev–Trinajstić information content (AvgIpc) is 2.57. The van der Waals surface area contributed by atoms with Gasteiger partial charge in [-0.1, -0.05) is 40.7 Å². The first-order valence-corrected chi connectivity index (χ1v) is 15.0. The molecule has 0 saturated carbocycles. The number of hydrogen-bond acceptors (Lipinski definition) is 5. The van der Waals surface area contributed by atoms with Gasteiger partial charge in [-0.05, 0) is 88.7 Å². The Labute approximate surface area is 208 Å². The highest BCUT2D eigenvalue weighted by molar-refractivity contribution is 6.74. The third-order valence-electron chi connectivity index (χ3n) is 6.41. The van der Waals surface area contributed by atoms with E-state index in [1.807, 2.05) is 19.9 Å². The van der Waals surface area contributed by atoms with Crippen LogP contribution in [0.3, 0.4) is 0 Å². The number of carbonyl (C=O) groups excluding carboxylic acids is 2. The molecule has 1 aromatic rings. The molecule has 0 saturated heterocycles. The molecule has 34 heavy (non-hydrogen) atoms. The molecule has 0 spiro atoms. The van der Waals surface area contributed by atoms with E-state index in [1.54, 1.807) is 27.7 Å². The van der Waals surface area contributed by atoms with Gasteiger partial charge in [0.25, 0.3) is 0 Å². The number of rotatable bonds is 8. The summed E-state index contributed by atoms with van der Waals surface area (Å²) in [6, 6.07) is 3.14. The SMILES string of the molecule is Cc1cc(C)c(C(C)(C)CCO[Si](C)(C)C(C)(C)C)c(OC(=O)C(C)NC(=O)OC(C)(C)C)c1. The lowest BCUT2D eigenvalue weighted by Crippen LogP contribution is -2.43. The zero-order valence-corrected chi connectivity index (χ0v) is 24.7. The monoisotopic (exact) mass is 493 g/mol. The molecule has 1 N–H and O–H groups in total. The van der Waals surface area contributed by atoms with Crippen LogP contribution < -0.4 is 10.1 Å². The Morgan fingerprint density at radius 1 is 1.00 bits per heavy atom. The lowest BCUT2D eigenvalue weighted by atomic mass is 9.78. The van der Waals surface area contributed by atoms with Gasteiger partial charge in [-0.15, -0.1) is 0 Å². The number of alkyl carbamates (subject to hydrolysis) is 1. The normalized spacial score (nSPS) is 13.9. The first-order valence-electron chi connectivity index (χ1n) is 12.1. The van der Waals surface area contributed by atoms with Crippen molar-refractivity contribution in [2.75, 3.05) is 6.61 Å². The standard InChI is InChI=1S/C27H47NO5Si/c1-18-16-19(2)22(27(10,11)14-15-31-34(12,13)26(7,8)9)21(17-18)32-23(29)20(3)28-24(30)33-25(4,5)6/h16-17,20H,14-15H2,1-13H3,(H,28,30). The molecular weight excluding hydrogens is 446 g/mol. The van der Waals surface area contributed by atoms with Crippen molar-refractivity contribution >= 4 is 20.4 Å². The van der Waals surface area contributed by atoms with E-state index in [-0.39, 0.29) is 10.5 Å². The van der Waals surface area contributed by atoms with Gasteiger partial charge in [0.05, 0.1) is 0 Å². The zero-order valence-electron chi connectivity index (χ0n) is 23.7. The number of amides is 1. The van der Waals surface area contributed by atoms with Crippen LogP contribution in [-0.4, -0.2) is 38.6 Å². The molecule has 6 nitrogen and oxygen atoms in total. The van der Waals surface area contributed by atoms with Crippen LogP contribution in [0.1, 0.15) is 85.4 Å². The minimum Gasteiger partial charge on any atom is -0.444 e. The van der Waals surface area contributed by atoms with E-state index in [9.17, 15) is 9.59 Å². The van der Waals surface area contributed by atoms with Crippen LogP contribution in [0.2, 0.25) is 18.1 Å². The lowest BCUT2D eigenvalue weighted by molar-refractivity contribution is -0.136. The molecule has 1 unspecified atom stereocenters. The highest BCUT2D eigenvalue weighted by Gasteiger charge is 2.38. The van der Waals surface area contributed by atoms with Crippen molar-refractivity contribution in [2.45, 2.75) is 118 Å². The van der Waals surface area contributed by atoms with Crippen LogP contribution >= 0.6 is 0 Å². The smallest absolute Gasteiger partial charge is 0.408 e. The first kappa shape index (κ1) is 30.2. The van der Waals surface area contributed by atoms with E-state index >= 15 is 0 Å². The number of aryl methyl sites for hydroxylation is 2. The third kappa shape index (κ3) is 8.73. The molecule has 0 aromatic heterocycles. The fraction of sp³-hybridized carbons (Fsp3) is 0.704. The maximum Gasteiger partial charge on any atom is 0.408 e. The van der Waals surface area contributed by atoms with Gasteiger partial charge in [-0.25, -0.2) is 9.59 Å². The van der Waals surface area contributed by atoms with Crippen molar-refractivity contribution in [1.29, 1.82) is 0 Å². The van der Waals surface area contributed by atoms with Gasteiger partial charge in [0.1, 0.15) is 17.4 Å². The molecule has 0 heterocycles. The fourth-order valence-corrected chi connectivity index (χ4v) is 4.56. The topological polar surface area (TPSA) is 73.9 Å². The second kappa shape index (κ2) is 10.8. The van der Waals surface area contributed by atoms with Crippen LogP contribution in [0, 0.1) is 13.8 Å². The van der Waals surface area contributed by atoms with Gasteiger partial charge in [-0.2, -0.15) is 0 Å². The highest BCUT2D eigenvalue weighted by atomic mass is 28.4. The Hall–Kier alpha value is -1.86. The molecule has 0 radical (unpaired) electrons. The molecular formula is C27H47NO5Si. The minimum absolute atomic E-state index is 0.148. The summed E-state index contributed by atoms with van der Waals surface area (Å²) in [4.78, 5) is 24.9. The lowest BCUT2D eigenvalue weighted by Gasteiger charge is -2.37. The molecule has 0 bridgehead atoms.